The summed E-state index contributed by atoms with van der Waals surface area (Å²) in [6.07, 6.45) is 1.71. The van der Waals surface area contributed by atoms with Gasteiger partial charge in [-0.2, -0.15) is 0 Å². The number of methoxy groups -OCH3 is 1. The average Bonchev–Trinajstić information content (AvgIpc) is 2.30. The standard InChI is InChI=1S/C11H10ClN3O/c1-16-7-11-14-9(6-10(12)15-11)8-4-2-3-5-13-8/h2-6H,7H2,1H3. The van der Waals surface area contributed by atoms with Crippen LogP contribution in [0.25, 0.3) is 11.4 Å². The summed E-state index contributed by atoms with van der Waals surface area (Å²) in [7, 11) is 1.59. The van der Waals surface area contributed by atoms with E-state index in [-0.39, 0.29) is 0 Å². The van der Waals surface area contributed by atoms with Crippen molar-refractivity contribution in [3.63, 3.8) is 0 Å². The second kappa shape index (κ2) is 5.01. The molecule has 2 rings (SSSR count). The molecule has 4 nitrogen and oxygen atoms in total. The summed E-state index contributed by atoms with van der Waals surface area (Å²) >= 11 is 5.90. The highest BCUT2D eigenvalue weighted by molar-refractivity contribution is 6.29. The van der Waals surface area contributed by atoms with Gasteiger partial charge in [-0.05, 0) is 12.1 Å². The molecule has 0 atom stereocenters. The van der Waals surface area contributed by atoms with Gasteiger partial charge in [0.05, 0.1) is 11.4 Å². The lowest BCUT2D eigenvalue weighted by Gasteiger charge is -2.03. The highest BCUT2D eigenvalue weighted by Gasteiger charge is 2.05. The van der Waals surface area contributed by atoms with E-state index in [4.69, 9.17) is 16.3 Å². The Hall–Kier alpha value is -1.52. The number of halogens is 1. The van der Waals surface area contributed by atoms with E-state index >= 15 is 0 Å². The number of nitrogens with zero attached hydrogens (tertiary/aromatic N) is 3. The number of rotatable bonds is 3. The largest absolute Gasteiger partial charge is 0.377 e. The molecule has 0 radical (unpaired) electrons. The van der Waals surface area contributed by atoms with E-state index in [2.05, 4.69) is 15.0 Å². The Morgan fingerprint density at radius 3 is 2.81 bits per heavy atom. The van der Waals surface area contributed by atoms with Crippen molar-refractivity contribution in [2.75, 3.05) is 7.11 Å². The van der Waals surface area contributed by atoms with E-state index in [1.54, 1.807) is 19.4 Å². The summed E-state index contributed by atoms with van der Waals surface area (Å²) in [6.45, 7) is 0.334. The van der Waals surface area contributed by atoms with E-state index in [1.807, 2.05) is 18.2 Å². The monoisotopic (exact) mass is 235 g/mol. The third-order valence-corrected chi connectivity index (χ3v) is 2.14. The third kappa shape index (κ3) is 2.53. The van der Waals surface area contributed by atoms with Gasteiger partial charge in [-0.25, -0.2) is 9.97 Å². The van der Waals surface area contributed by atoms with Crippen molar-refractivity contribution >= 4 is 11.6 Å². The molecule has 0 unspecified atom stereocenters. The van der Waals surface area contributed by atoms with Gasteiger partial charge >= 0.3 is 0 Å². The minimum absolute atomic E-state index is 0.334. The quantitative estimate of drug-likeness (QED) is 0.767. The molecule has 82 valence electrons. The average molecular weight is 236 g/mol. The Labute approximate surface area is 98.3 Å². The molecule has 0 saturated carbocycles. The molecule has 0 aliphatic carbocycles. The Balaban J connectivity index is 2.41. The zero-order valence-electron chi connectivity index (χ0n) is 8.72. The minimum atomic E-state index is 0.334. The van der Waals surface area contributed by atoms with Crippen LogP contribution < -0.4 is 0 Å². The van der Waals surface area contributed by atoms with Crippen LogP contribution in [0.4, 0.5) is 0 Å². The summed E-state index contributed by atoms with van der Waals surface area (Å²) in [6, 6.07) is 7.30. The Kier molecular flexibility index (Phi) is 3.44. The molecular weight excluding hydrogens is 226 g/mol. The Morgan fingerprint density at radius 2 is 2.12 bits per heavy atom. The molecule has 0 aliphatic rings. The maximum absolute atomic E-state index is 5.90. The summed E-state index contributed by atoms with van der Waals surface area (Å²) < 4.78 is 4.97. The molecule has 0 bridgehead atoms. The van der Waals surface area contributed by atoms with Crippen molar-refractivity contribution in [2.24, 2.45) is 0 Å². The summed E-state index contributed by atoms with van der Waals surface area (Å²) in [5.41, 5.74) is 1.47. The van der Waals surface area contributed by atoms with Gasteiger partial charge in [-0.15, -0.1) is 0 Å². The first kappa shape index (κ1) is 11.0. The smallest absolute Gasteiger partial charge is 0.156 e. The molecule has 0 saturated heterocycles. The number of pyridine rings is 1. The van der Waals surface area contributed by atoms with Crippen LogP contribution in [0.3, 0.4) is 0 Å². The molecule has 5 heteroatoms. The first-order valence-electron chi connectivity index (χ1n) is 4.73. The Morgan fingerprint density at radius 1 is 1.25 bits per heavy atom. The van der Waals surface area contributed by atoms with Crippen LogP contribution in [0.2, 0.25) is 5.15 Å². The Bertz CT molecular complexity index is 476. The van der Waals surface area contributed by atoms with Crippen LogP contribution in [-0.4, -0.2) is 22.1 Å². The lowest BCUT2D eigenvalue weighted by molar-refractivity contribution is 0.178. The van der Waals surface area contributed by atoms with Crippen LogP contribution in [0.1, 0.15) is 5.82 Å². The fourth-order valence-electron chi connectivity index (χ4n) is 1.30. The fourth-order valence-corrected chi connectivity index (χ4v) is 1.50. The zero-order chi connectivity index (χ0) is 11.4. The molecular formula is C11H10ClN3O. The van der Waals surface area contributed by atoms with Gasteiger partial charge in [-0.3, -0.25) is 4.98 Å². The van der Waals surface area contributed by atoms with Crippen molar-refractivity contribution in [1.29, 1.82) is 0 Å². The molecule has 0 aromatic carbocycles. The molecule has 2 heterocycles. The summed E-state index contributed by atoms with van der Waals surface area (Å²) in [5, 5.41) is 0.391. The van der Waals surface area contributed by atoms with Crippen LogP contribution >= 0.6 is 11.6 Å². The van der Waals surface area contributed by atoms with Crippen LogP contribution in [0, 0.1) is 0 Å². The van der Waals surface area contributed by atoms with E-state index in [0.29, 0.717) is 23.3 Å². The summed E-state index contributed by atoms with van der Waals surface area (Å²) in [4.78, 5) is 12.6. The molecule has 0 fully saturated rings. The number of ether oxygens (including phenoxy) is 1. The SMILES string of the molecule is COCc1nc(Cl)cc(-c2ccccn2)n1. The molecule has 0 spiro atoms. The van der Waals surface area contributed by atoms with E-state index in [1.165, 1.54) is 0 Å². The predicted molar refractivity (Wildman–Crippen MR) is 61.0 cm³/mol. The predicted octanol–water partition coefficient (Wildman–Crippen LogP) is 2.34. The third-order valence-electron chi connectivity index (χ3n) is 1.94. The zero-order valence-corrected chi connectivity index (χ0v) is 9.48. The maximum atomic E-state index is 5.90. The van der Waals surface area contributed by atoms with E-state index in [0.717, 1.165) is 5.69 Å². The highest BCUT2D eigenvalue weighted by Crippen LogP contribution is 2.17. The first-order chi connectivity index (χ1) is 7.79. The molecule has 0 aliphatic heterocycles. The van der Waals surface area contributed by atoms with Crippen molar-refractivity contribution < 1.29 is 4.74 Å². The van der Waals surface area contributed by atoms with E-state index in [9.17, 15) is 0 Å². The van der Waals surface area contributed by atoms with Crippen molar-refractivity contribution in [3.05, 3.63) is 41.4 Å². The maximum Gasteiger partial charge on any atom is 0.156 e. The fraction of sp³-hybridized carbons (Fsp3) is 0.182. The molecule has 2 aromatic rings. The minimum Gasteiger partial charge on any atom is -0.377 e. The first-order valence-corrected chi connectivity index (χ1v) is 5.11. The second-order valence-corrected chi connectivity index (χ2v) is 3.53. The van der Waals surface area contributed by atoms with Crippen molar-refractivity contribution in [2.45, 2.75) is 6.61 Å². The van der Waals surface area contributed by atoms with Crippen LogP contribution in [0.5, 0.6) is 0 Å². The summed E-state index contributed by atoms with van der Waals surface area (Å²) in [5.74, 6) is 0.552. The molecule has 0 N–H and O–H groups in total. The van der Waals surface area contributed by atoms with Gasteiger partial charge in [0.15, 0.2) is 5.82 Å². The van der Waals surface area contributed by atoms with E-state index < -0.39 is 0 Å². The van der Waals surface area contributed by atoms with Gasteiger partial charge in [0.25, 0.3) is 0 Å². The topological polar surface area (TPSA) is 47.9 Å². The number of hydrogen-bond donors (Lipinski definition) is 0. The lowest BCUT2D eigenvalue weighted by Crippen LogP contribution is -1.99. The van der Waals surface area contributed by atoms with Crippen LogP contribution in [-0.2, 0) is 11.3 Å². The van der Waals surface area contributed by atoms with Gasteiger partial charge in [0.2, 0.25) is 0 Å². The highest BCUT2D eigenvalue weighted by atomic mass is 35.5. The second-order valence-electron chi connectivity index (χ2n) is 3.14. The van der Waals surface area contributed by atoms with Crippen molar-refractivity contribution in [1.82, 2.24) is 15.0 Å². The molecule has 2 aromatic heterocycles. The number of hydrogen-bond acceptors (Lipinski definition) is 4. The van der Waals surface area contributed by atoms with Gasteiger partial charge in [-0.1, -0.05) is 17.7 Å². The lowest BCUT2D eigenvalue weighted by atomic mass is 10.2. The normalized spacial score (nSPS) is 10.4. The van der Waals surface area contributed by atoms with Gasteiger partial charge < -0.3 is 4.74 Å². The van der Waals surface area contributed by atoms with Gasteiger partial charge in [0, 0.05) is 19.4 Å². The molecule has 16 heavy (non-hydrogen) atoms. The van der Waals surface area contributed by atoms with Crippen molar-refractivity contribution in [3.8, 4) is 11.4 Å². The number of aromatic nitrogens is 3. The van der Waals surface area contributed by atoms with Gasteiger partial charge in [0.1, 0.15) is 11.8 Å². The van der Waals surface area contributed by atoms with Crippen LogP contribution in [0.15, 0.2) is 30.5 Å². The molecule has 0 amide bonds.